The molecule has 0 unspecified atom stereocenters. The Kier molecular flexibility index (Phi) is 22.0. The van der Waals surface area contributed by atoms with E-state index in [1.165, 1.54) is 57.8 Å². The summed E-state index contributed by atoms with van der Waals surface area (Å²) in [6.07, 6.45) is 20.8. The van der Waals surface area contributed by atoms with Crippen LogP contribution in [0.4, 0.5) is 0 Å². The molecule has 31 heavy (non-hydrogen) atoms. The number of allylic oxidation sites excluding steroid dienone is 2. The molecule has 6 nitrogen and oxygen atoms in total. The van der Waals surface area contributed by atoms with Crippen LogP contribution in [-0.2, 0) is 23.9 Å². The number of rotatable bonds is 22. The summed E-state index contributed by atoms with van der Waals surface area (Å²) in [6, 6.07) is 0. The number of carbonyl (C=O) groups excluding carboxylic acids is 2. The Morgan fingerprint density at radius 3 is 1.81 bits per heavy atom. The van der Waals surface area contributed by atoms with E-state index >= 15 is 0 Å². The van der Waals surface area contributed by atoms with Crippen molar-refractivity contribution in [3.8, 4) is 0 Å². The highest BCUT2D eigenvalue weighted by Gasteiger charge is 2.07. The minimum atomic E-state index is -0.970. The number of hydrogen-bond donors (Lipinski definition) is 1. The van der Waals surface area contributed by atoms with Gasteiger partial charge in [-0.3, -0.25) is 14.4 Å². The number of ether oxygens (including phenoxy) is 2. The molecule has 0 saturated carbocycles. The topological polar surface area (TPSA) is 89.9 Å². The Morgan fingerprint density at radius 1 is 0.710 bits per heavy atom. The standard InChI is InChI=1S/C24H42O6S/c1-2-3-4-5-6-7-8-9-10-11-12-13-14-15-16-17-23(27)29-18-19-30-24(28)21-31-20-22(25)26/h9-10H,2-8,11-21H2,1H3,(H,25,26)/b10-9-. The lowest BCUT2D eigenvalue weighted by Gasteiger charge is -2.06. The van der Waals surface area contributed by atoms with Gasteiger partial charge in [-0.1, -0.05) is 70.4 Å². The summed E-state index contributed by atoms with van der Waals surface area (Å²) in [5.41, 5.74) is 0. The molecule has 0 aliphatic carbocycles. The van der Waals surface area contributed by atoms with E-state index < -0.39 is 11.9 Å². The quantitative estimate of drug-likeness (QED) is 0.122. The fraction of sp³-hybridized carbons (Fsp3) is 0.792. The first kappa shape index (κ1) is 29.5. The molecule has 0 aromatic heterocycles. The summed E-state index contributed by atoms with van der Waals surface area (Å²) in [7, 11) is 0. The van der Waals surface area contributed by atoms with Gasteiger partial charge in [0.1, 0.15) is 13.2 Å². The van der Waals surface area contributed by atoms with Crippen LogP contribution in [0.3, 0.4) is 0 Å². The van der Waals surface area contributed by atoms with E-state index in [0.29, 0.717) is 6.42 Å². The monoisotopic (exact) mass is 458 g/mol. The van der Waals surface area contributed by atoms with Crippen molar-refractivity contribution >= 4 is 29.7 Å². The molecule has 0 aromatic carbocycles. The zero-order valence-electron chi connectivity index (χ0n) is 19.3. The lowest BCUT2D eigenvalue weighted by molar-refractivity contribution is -0.150. The van der Waals surface area contributed by atoms with E-state index in [9.17, 15) is 14.4 Å². The van der Waals surface area contributed by atoms with Crippen molar-refractivity contribution in [1.82, 2.24) is 0 Å². The summed E-state index contributed by atoms with van der Waals surface area (Å²) < 4.78 is 9.90. The van der Waals surface area contributed by atoms with Crippen LogP contribution >= 0.6 is 11.8 Å². The normalized spacial score (nSPS) is 11.0. The van der Waals surface area contributed by atoms with Crippen molar-refractivity contribution in [1.29, 1.82) is 0 Å². The number of hydrogen-bond acceptors (Lipinski definition) is 6. The van der Waals surface area contributed by atoms with E-state index in [0.717, 1.165) is 37.4 Å². The third-order valence-corrected chi connectivity index (χ3v) is 5.59. The highest BCUT2D eigenvalue weighted by atomic mass is 32.2. The van der Waals surface area contributed by atoms with E-state index in [-0.39, 0.29) is 30.7 Å². The van der Waals surface area contributed by atoms with Crippen molar-refractivity contribution in [2.24, 2.45) is 0 Å². The third-order valence-electron chi connectivity index (χ3n) is 4.70. The summed E-state index contributed by atoms with van der Waals surface area (Å²) in [5.74, 6) is -1.90. The lowest BCUT2D eigenvalue weighted by atomic mass is 10.1. The van der Waals surface area contributed by atoms with E-state index in [4.69, 9.17) is 14.6 Å². The predicted octanol–water partition coefficient (Wildman–Crippen LogP) is 5.93. The molecule has 1 N–H and O–H groups in total. The molecule has 0 fully saturated rings. The third kappa shape index (κ3) is 24.6. The summed E-state index contributed by atoms with van der Waals surface area (Å²) in [6.45, 7) is 2.29. The zero-order chi connectivity index (χ0) is 23.0. The number of thioether (sulfide) groups is 1. The lowest BCUT2D eigenvalue weighted by Crippen LogP contribution is -2.15. The van der Waals surface area contributed by atoms with Crippen LogP contribution in [0.15, 0.2) is 12.2 Å². The van der Waals surface area contributed by atoms with Gasteiger partial charge in [0, 0.05) is 6.42 Å². The second kappa shape index (κ2) is 23.2. The molecule has 0 aliphatic heterocycles. The van der Waals surface area contributed by atoms with Gasteiger partial charge in [0.25, 0.3) is 0 Å². The second-order valence-corrected chi connectivity index (χ2v) is 8.65. The number of carboxylic acids is 1. The van der Waals surface area contributed by atoms with Gasteiger partial charge in [-0.05, 0) is 32.1 Å². The Bertz CT molecular complexity index is 492. The molecule has 0 rings (SSSR count). The maximum absolute atomic E-state index is 11.6. The highest BCUT2D eigenvalue weighted by molar-refractivity contribution is 8.00. The molecule has 0 heterocycles. The highest BCUT2D eigenvalue weighted by Crippen LogP contribution is 2.10. The molecule has 0 amide bonds. The Hall–Kier alpha value is -1.50. The number of carbonyl (C=O) groups is 3. The molecule has 0 atom stereocenters. The van der Waals surface area contributed by atoms with Crippen molar-refractivity contribution < 1.29 is 29.0 Å². The van der Waals surface area contributed by atoms with Crippen LogP contribution in [0.2, 0.25) is 0 Å². The number of esters is 2. The number of unbranched alkanes of at least 4 members (excludes halogenated alkanes) is 11. The fourth-order valence-electron chi connectivity index (χ4n) is 2.99. The maximum Gasteiger partial charge on any atom is 0.316 e. The fourth-order valence-corrected chi connectivity index (χ4v) is 3.51. The summed E-state index contributed by atoms with van der Waals surface area (Å²) >= 11 is 0.976. The van der Waals surface area contributed by atoms with Crippen LogP contribution < -0.4 is 0 Å². The van der Waals surface area contributed by atoms with Crippen LogP contribution in [0.25, 0.3) is 0 Å². The molecule has 0 radical (unpaired) electrons. The Morgan fingerprint density at radius 2 is 1.23 bits per heavy atom. The second-order valence-electron chi connectivity index (χ2n) is 7.66. The van der Waals surface area contributed by atoms with Crippen LogP contribution in [-0.4, -0.2) is 47.7 Å². The van der Waals surface area contributed by atoms with Gasteiger partial charge in [-0.15, -0.1) is 11.8 Å². The smallest absolute Gasteiger partial charge is 0.316 e. The molecule has 0 spiro atoms. The minimum absolute atomic E-state index is 0.00454. The summed E-state index contributed by atoms with van der Waals surface area (Å²) in [4.78, 5) is 33.3. The van der Waals surface area contributed by atoms with Gasteiger partial charge >= 0.3 is 17.9 Å². The van der Waals surface area contributed by atoms with Crippen molar-refractivity contribution in [2.75, 3.05) is 24.7 Å². The van der Waals surface area contributed by atoms with Crippen molar-refractivity contribution in [3.63, 3.8) is 0 Å². The minimum Gasteiger partial charge on any atom is -0.481 e. The van der Waals surface area contributed by atoms with Gasteiger partial charge in [0.2, 0.25) is 0 Å². The zero-order valence-corrected chi connectivity index (χ0v) is 20.1. The molecular formula is C24H42O6S. The Balaban J connectivity index is 3.33. The largest absolute Gasteiger partial charge is 0.481 e. The number of carboxylic acid groups (broad SMARTS) is 1. The molecule has 0 saturated heterocycles. The van der Waals surface area contributed by atoms with Gasteiger partial charge in [0.05, 0.1) is 11.5 Å². The summed E-state index contributed by atoms with van der Waals surface area (Å²) in [5, 5.41) is 8.47. The van der Waals surface area contributed by atoms with E-state index in [2.05, 4.69) is 19.1 Å². The maximum atomic E-state index is 11.6. The predicted molar refractivity (Wildman–Crippen MR) is 126 cm³/mol. The first-order valence-electron chi connectivity index (χ1n) is 11.8. The molecule has 7 heteroatoms. The average Bonchev–Trinajstić information content (AvgIpc) is 2.73. The van der Waals surface area contributed by atoms with E-state index in [1.54, 1.807) is 0 Å². The first-order chi connectivity index (χ1) is 15.1. The molecule has 0 aliphatic rings. The molecule has 0 aromatic rings. The van der Waals surface area contributed by atoms with Crippen molar-refractivity contribution in [3.05, 3.63) is 12.2 Å². The average molecular weight is 459 g/mol. The number of aliphatic carboxylic acids is 1. The van der Waals surface area contributed by atoms with Crippen LogP contribution in [0.1, 0.15) is 96.8 Å². The SMILES string of the molecule is CCCCCCCC/C=C\CCCCCCCC(=O)OCCOC(=O)CSCC(=O)O. The van der Waals surface area contributed by atoms with Gasteiger partial charge in [0.15, 0.2) is 0 Å². The Labute approximate surface area is 192 Å². The molecular weight excluding hydrogens is 416 g/mol. The van der Waals surface area contributed by atoms with E-state index in [1.807, 2.05) is 0 Å². The van der Waals surface area contributed by atoms with Crippen LogP contribution in [0.5, 0.6) is 0 Å². The first-order valence-corrected chi connectivity index (χ1v) is 13.0. The van der Waals surface area contributed by atoms with Gasteiger partial charge < -0.3 is 14.6 Å². The van der Waals surface area contributed by atoms with Gasteiger partial charge in [-0.25, -0.2) is 0 Å². The molecule has 180 valence electrons. The molecule has 0 bridgehead atoms. The van der Waals surface area contributed by atoms with Gasteiger partial charge in [-0.2, -0.15) is 0 Å². The van der Waals surface area contributed by atoms with Crippen molar-refractivity contribution in [2.45, 2.75) is 96.8 Å². The van der Waals surface area contributed by atoms with Crippen LogP contribution in [0, 0.1) is 0 Å².